The van der Waals surface area contributed by atoms with Gasteiger partial charge in [0.15, 0.2) is 0 Å². The average molecular weight is 373 g/mol. The Morgan fingerprint density at radius 2 is 1.35 bits per heavy atom. The number of aliphatic hydroxyl groups is 1. The normalized spacial score (nSPS) is 14.6. The molecule has 1 aromatic carbocycles. The van der Waals surface area contributed by atoms with Crippen molar-refractivity contribution in [1.29, 1.82) is 0 Å². The van der Waals surface area contributed by atoms with Crippen molar-refractivity contribution in [3.8, 4) is 0 Å². The van der Waals surface area contributed by atoms with Crippen LogP contribution in [0, 0.1) is 0 Å². The van der Waals surface area contributed by atoms with Crippen LogP contribution in [0.4, 0.5) is 39.5 Å². The number of hydrogen-bond acceptors (Lipinski definition) is 1. The van der Waals surface area contributed by atoms with E-state index in [9.17, 15) is 39.5 Å². The highest BCUT2D eigenvalue weighted by Gasteiger charge is 2.68. The number of rotatable bonds is 2. The van der Waals surface area contributed by atoms with Crippen molar-refractivity contribution in [1.82, 2.24) is 0 Å². The van der Waals surface area contributed by atoms with Crippen molar-refractivity contribution in [2.75, 3.05) is 0 Å². The van der Waals surface area contributed by atoms with Gasteiger partial charge in [0.05, 0.1) is 5.56 Å². The molecule has 11 heteroatoms. The molecule has 0 heterocycles. The van der Waals surface area contributed by atoms with Crippen molar-refractivity contribution < 1.29 is 44.6 Å². The van der Waals surface area contributed by atoms with Crippen molar-refractivity contribution in [3.05, 3.63) is 40.4 Å². The van der Waals surface area contributed by atoms with E-state index in [4.69, 9.17) is 16.7 Å². The second-order valence-electron chi connectivity index (χ2n) is 4.33. The van der Waals surface area contributed by atoms with Gasteiger partial charge in [-0.05, 0) is 29.8 Å². The molecular weight excluding hydrogens is 367 g/mol. The third-order valence-electron chi connectivity index (χ3n) is 2.69. The van der Waals surface area contributed by atoms with E-state index in [0.717, 1.165) is 0 Å². The number of benzene rings is 1. The maximum atomic E-state index is 12.5. The zero-order valence-electron chi connectivity index (χ0n) is 10.6. The van der Waals surface area contributed by atoms with Crippen LogP contribution in [0.15, 0.2) is 24.3 Å². The topological polar surface area (TPSA) is 20.2 Å². The average Bonchev–Trinajstić information content (AvgIpc) is 2.33. The fourth-order valence-corrected chi connectivity index (χ4v) is 1.59. The maximum Gasteiger partial charge on any atom is 0.430 e. The van der Waals surface area contributed by atoms with E-state index in [-0.39, 0.29) is 12.1 Å². The van der Waals surface area contributed by atoms with E-state index >= 15 is 0 Å². The van der Waals surface area contributed by atoms with Gasteiger partial charge in [0.1, 0.15) is 0 Å². The SMILES string of the molecule is OC(/C=C\c1cc(C(F)(F)F)ccc1Cl)(C(F)(F)F)C(F)(F)F. The summed E-state index contributed by atoms with van der Waals surface area (Å²) in [6, 6.07) is 1.41. The van der Waals surface area contributed by atoms with Crippen LogP contribution in [0.2, 0.25) is 5.02 Å². The summed E-state index contributed by atoms with van der Waals surface area (Å²) in [5.41, 5.74) is -7.32. The lowest BCUT2D eigenvalue weighted by molar-refractivity contribution is -0.347. The standard InChI is InChI=1S/C12H6ClF9O/c13-8-2-1-7(10(14,15)16)5-6(8)3-4-9(23,11(17,18)19)12(20,21)22/h1-5,23H/b4-3-. The zero-order valence-corrected chi connectivity index (χ0v) is 11.4. The van der Waals surface area contributed by atoms with Gasteiger partial charge >= 0.3 is 18.5 Å². The van der Waals surface area contributed by atoms with Crippen LogP contribution in [-0.2, 0) is 6.18 Å². The second-order valence-corrected chi connectivity index (χ2v) is 4.74. The van der Waals surface area contributed by atoms with Crippen LogP contribution in [0.25, 0.3) is 6.08 Å². The summed E-state index contributed by atoms with van der Waals surface area (Å²) in [6.07, 6.45) is -17.8. The predicted molar refractivity (Wildman–Crippen MR) is 62.5 cm³/mol. The highest BCUT2D eigenvalue weighted by Crippen LogP contribution is 2.44. The molecule has 1 aromatic rings. The van der Waals surface area contributed by atoms with Crippen LogP contribution < -0.4 is 0 Å². The van der Waals surface area contributed by atoms with Crippen molar-refractivity contribution in [3.63, 3.8) is 0 Å². The monoisotopic (exact) mass is 372 g/mol. The Labute approximate surface area is 128 Å². The molecule has 0 aliphatic rings. The first-order chi connectivity index (χ1) is 10.1. The summed E-state index contributed by atoms with van der Waals surface area (Å²) in [5, 5.41) is 8.34. The van der Waals surface area contributed by atoms with Crippen LogP contribution >= 0.6 is 11.6 Å². The molecule has 23 heavy (non-hydrogen) atoms. The summed E-state index contributed by atoms with van der Waals surface area (Å²) in [4.78, 5) is 0. The van der Waals surface area contributed by atoms with E-state index < -0.39 is 46.4 Å². The highest BCUT2D eigenvalue weighted by molar-refractivity contribution is 6.32. The Morgan fingerprint density at radius 1 is 0.870 bits per heavy atom. The van der Waals surface area contributed by atoms with Gasteiger partial charge in [-0.2, -0.15) is 39.5 Å². The molecule has 1 nitrogen and oxygen atoms in total. The van der Waals surface area contributed by atoms with Crippen LogP contribution in [0.1, 0.15) is 11.1 Å². The molecule has 130 valence electrons. The van der Waals surface area contributed by atoms with E-state index in [1.807, 2.05) is 0 Å². The molecule has 0 aliphatic carbocycles. The van der Waals surface area contributed by atoms with Gasteiger partial charge in [0.2, 0.25) is 0 Å². The second kappa shape index (κ2) is 5.90. The Kier molecular flexibility index (Phi) is 5.03. The molecule has 0 saturated carbocycles. The number of halogens is 10. The molecule has 0 aromatic heterocycles. The minimum atomic E-state index is -6.13. The molecule has 0 fully saturated rings. The fourth-order valence-electron chi connectivity index (χ4n) is 1.41. The van der Waals surface area contributed by atoms with E-state index in [2.05, 4.69) is 0 Å². The predicted octanol–water partition coefficient (Wildman–Crippen LogP) is 5.23. The summed E-state index contributed by atoms with van der Waals surface area (Å²) in [5.74, 6) is 0. The van der Waals surface area contributed by atoms with E-state index in [1.165, 1.54) is 0 Å². The molecule has 0 saturated heterocycles. The van der Waals surface area contributed by atoms with Gasteiger partial charge in [-0.1, -0.05) is 17.7 Å². The van der Waals surface area contributed by atoms with Gasteiger partial charge < -0.3 is 5.11 Å². The summed E-state index contributed by atoms with van der Waals surface area (Å²) in [6.45, 7) is 0. The third-order valence-corrected chi connectivity index (χ3v) is 3.04. The zero-order chi connectivity index (χ0) is 18.3. The van der Waals surface area contributed by atoms with Gasteiger partial charge in [0.25, 0.3) is 5.60 Å². The molecule has 1 rings (SSSR count). The lowest BCUT2D eigenvalue weighted by Gasteiger charge is -2.29. The minimum Gasteiger partial charge on any atom is -0.370 e. The molecule has 0 spiro atoms. The third kappa shape index (κ3) is 4.11. The van der Waals surface area contributed by atoms with Crippen molar-refractivity contribution >= 4 is 17.7 Å². The molecule has 0 unspecified atom stereocenters. The summed E-state index contributed by atoms with van der Waals surface area (Å²) < 4.78 is 112. The largest absolute Gasteiger partial charge is 0.430 e. The Morgan fingerprint density at radius 3 is 1.74 bits per heavy atom. The number of alkyl halides is 9. The quantitative estimate of drug-likeness (QED) is 0.705. The van der Waals surface area contributed by atoms with Crippen LogP contribution in [0.5, 0.6) is 0 Å². The summed E-state index contributed by atoms with van der Waals surface area (Å²) >= 11 is 5.44. The molecular formula is C12H6ClF9O. The first-order valence-corrected chi connectivity index (χ1v) is 5.89. The first-order valence-electron chi connectivity index (χ1n) is 5.51. The highest BCUT2D eigenvalue weighted by atomic mass is 35.5. The van der Waals surface area contributed by atoms with Crippen LogP contribution in [-0.4, -0.2) is 23.1 Å². The first kappa shape index (κ1) is 19.6. The number of hydrogen-bond donors (Lipinski definition) is 1. The molecule has 0 aliphatic heterocycles. The van der Waals surface area contributed by atoms with E-state index in [0.29, 0.717) is 12.1 Å². The minimum absolute atomic E-state index is 0.0263. The van der Waals surface area contributed by atoms with Gasteiger partial charge in [0, 0.05) is 5.02 Å². The molecule has 0 atom stereocenters. The van der Waals surface area contributed by atoms with E-state index in [1.54, 1.807) is 0 Å². The lowest BCUT2D eigenvalue weighted by Crippen LogP contribution is -2.55. The summed E-state index contributed by atoms with van der Waals surface area (Å²) in [7, 11) is 0. The van der Waals surface area contributed by atoms with Gasteiger partial charge in [-0.3, -0.25) is 0 Å². The van der Waals surface area contributed by atoms with Crippen molar-refractivity contribution in [2.45, 2.75) is 24.1 Å². The Bertz CT molecular complexity index is 584. The van der Waals surface area contributed by atoms with Gasteiger partial charge in [-0.15, -0.1) is 0 Å². The maximum absolute atomic E-state index is 12.5. The Hall–Kier alpha value is -1.42. The van der Waals surface area contributed by atoms with Gasteiger partial charge in [-0.25, -0.2) is 0 Å². The molecule has 0 amide bonds. The van der Waals surface area contributed by atoms with Crippen LogP contribution in [0.3, 0.4) is 0 Å². The molecule has 1 N–H and O–H groups in total. The molecule has 0 radical (unpaired) electrons. The molecule has 0 bridgehead atoms. The smallest absolute Gasteiger partial charge is 0.370 e. The van der Waals surface area contributed by atoms with Crippen molar-refractivity contribution in [2.24, 2.45) is 0 Å². The lowest BCUT2D eigenvalue weighted by atomic mass is 10.00. The fraction of sp³-hybridized carbons (Fsp3) is 0.333. The Balaban J connectivity index is 3.37.